The molecule has 11 heteroatoms. The van der Waals surface area contributed by atoms with Crippen molar-refractivity contribution in [2.45, 2.75) is 45.7 Å². The zero-order chi connectivity index (χ0) is 27.2. The Kier molecular flexibility index (Phi) is 8.99. The number of nitriles is 1. The Hall–Kier alpha value is -3.36. The van der Waals surface area contributed by atoms with E-state index in [1.165, 1.54) is 0 Å². The highest BCUT2D eigenvalue weighted by atomic mass is 32.2. The number of sulfonamides is 1. The summed E-state index contributed by atoms with van der Waals surface area (Å²) in [5.74, 6) is 0.970. The van der Waals surface area contributed by atoms with E-state index in [9.17, 15) is 13.7 Å². The molecule has 0 bridgehead atoms. The van der Waals surface area contributed by atoms with E-state index in [-0.39, 0.29) is 18.5 Å². The minimum Gasteiger partial charge on any atom is -0.368 e. The number of nitrogens with zero attached hydrogens (tertiary/aromatic N) is 6. The molecule has 0 amide bonds. The minimum atomic E-state index is -3.30. The molecule has 0 saturated heterocycles. The third kappa shape index (κ3) is 7.33. The van der Waals surface area contributed by atoms with E-state index in [0.717, 1.165) is 34.6 Å². The summed E-state index contributed by atoms with van der Waals surface area (Å²) in [7, 11) is -1.57. The molecule has 2 heterocycles. The smallest absolute Gasteiger partial charge is 0.208 e. The molecule has 1 aromatic heterocycles. The van der Waals surface area contributed by atoms with Gasteiger partial charge in [-0.25, -0.2) is 13.1 Å². The van der Waals surface area contributed by atoms with E-state index >= 15 is 0 Å². The minimum absolute atomic E-state index is 0.0408. The molecule has 0 aliphatic carbocycles. The zero-order valence-electron chi connectivity index (χ0n) is 22.4. The van der Waals surface area contributed by atoms with E-state index in [1.807, 2.05) is 56.1 Å². The fraction of sp³-hybridized carbons (Fsp3) is 0.500. The van der Waals surface area contributed by atoms with Gasteiger partial charge in [-0.15, -0.1) is 0 Å². The number of hydrogen-bond donors (Lipinski definition) is 2. The van der Waals surface area contributed by atoms with Crippen LogP contribution in [0.1, 0.15) is 48.8 Å². The number of rotatable bonds is 9. The highest BCUT2D eigenvalue weighted by Gasteiger charge is 2.29. The van der Waals surface area contributed by atoms with Gasteiger partial charge in [0.25, 0.3) is 0 Å². The van der Waals surface area contributed by atoms with Crippen LogP contribution in [0.2, 0.25) is 0 Å². The van der Waals surface area contributed by atoms with Gasteiger partial charge in [0.1, 0.15) is 5.84 Å². The van der Waals surface area contributed by atoms with Crippen LogP contribution in [0.25, 0.3) is 0 Å². The number of benzene rings is 1. The van der Waals surface area contributed by atoms with Gasteiger partial charge in [0.05, 0.1) is 42.7 Å². The highest BCUT2D eigenvalue weighted by molar-refractivity contribution is 7.88. The summed E-state index contributed by atoms with van der Waals surface area (Å²) in [6.07, 6.45) is 1.15. The summed E-state index contributed by atoms with van der Waals surface area (Å²) in [6, 6.07) is 13.7. The molecule has 1 unspecified atom stereocenters. The van der Waals surface area contributed by atoms with Crippen molar-refractivity contribution in [2.75, 3.05) is 32.9 Å². The monoisotopic (exact) mass is 524 g/mol. The van der Waals surface area contributed by atoms with Gasteiger partial charge in [0.2, 0.25) is 10.0 Å². The molecule has 10 nitrogen and oxygen atoms in total. The average molecular weight is 525 g/mol. The first-order valence-corrected chi connectivity index (χ1v) is 14.1. The van der Waals surface area contributed by atoms with Gasteiger partial charge < -0.3 is 5.32 Å². The maximum Gasteiger partial charge on any atom is 0.208 e. The Balaban J connectivity index is 1.76. The van der Waals surface area contributed by atoms with Crippen molar-refractivity contribution < 1.29 is 8.42 Å². The lowest BCUT2D eigenvalue weighted by Gasteiger charge is -2.35. The van der Waals surface area contributed by atoms with Crippen LogP contribution in [0.4, 0.5) is 0 Å². The van der Waals surface area contributed by atoms with Gasteiger partial charge in [-0.05, 0) is 30.7 Å². The van der Waals surface area contributed by atoms with Crippen LogP contribution in [0, 0.1) is 24.2 Å². The first-order valence-electron chi connectivity index (χ1n) is 12.2. The highest BCUT2D eigenvalue weighted by Crippen LogP contribution is 2.24. The SMILES string of the molecule is CN=C(NC[C@H]1C(C)CN=NN1Cc1cccc(C(C)(C)CNS(C)(=O)=O)n1)c1cccc(C#N)c1C. The fourth-order valence-corrected chi connectivity index (χ4v) is 4.83. The number of hydrogen-bond acceptors (Lipinski definition) is 8. The summed E-state index contributed by atoms with van der Waals surface area (Å²) in [6.45, 7) is 9.92. The van der Waals surface area contributed by atoms with Crippen molar-refractivity contribution in [1.82, 2.24) is 20.0 Å². The van der Waals surface area contributed by atoms with Crippen LogP contribution in [0.3, 0.4) is 0 Å². The third-order valence-corrected chi connectivity index (χ3v) is 7.27. The Labute approximate surface area is 220 Å². The molecule has 0 radical (unpaired) electrons. The van der Waals surface area contributed by atoms with E-state index in [1.54, 1.807) is 13.1 Å². The molecule has 3 rings (SSSR count). The summed E-state index contributed by atoms with van der Waals surface area (Å²) < 4.78 is 25.8. The molecule has 0 fully saturated rings. The molecule has 0 spiro atoms. The summed E-state index contributed by atoms with van der Waals surface area (Å²) in [5, 5.41) is 23.6. The average Bonchev–Trinajstić information content (AvgIpc) is 2.85. The van der Waals surface area contributed by atoms with Gasteiger partial charge in [0.15, 0.2) is 0 Å². The topological polar surface area (TPSA) is 135 Å². The van der Waals surface area contributed by atoms with Gasteiger partial charge in [-0.2, -0.15) is 10.4 Å². The van der Waals surface area contributed by atoms with Crippen LogP contribution in [-0.4, -0.2) is 63.2 Å². The molecule has 198 valence electrons. The predicted octanol–water partition coefficient (Wildman–Crippen LogP) is 2.94. The Morgan fingerprint density at radius 3 is 2.68 bits per heavy atom. The molecule has 2 N–H and O–H groups in total. The summed E-state index contributed by atoms with van der Waals surface area (Å²) in [5.41, 5.74) is 3.55. The predicted molar refractivity (Wildman–Crippen MR) is 145 cm³/mol. The molecule has 1 aliphatic rings. The molecule has 1 aliphatic heterocycles. The van der Waals surface area contributed by atoms with Crippen molar-refractivity contribution in [3.05, 3.63) is 64.5 Å². The van der Waals surface area contributed by atoms with E-state index in [2.05, 4.69) is 38.4 Å². The van der Waals surface area contributed by atoms with Crippen molar-refractivity contribution >= 4 is 15.9 Å². The third-order valence-electron chi connectivity index (χ3n) is 6.60. The van der Waals surface area contributed by atoms with Crippen LogP contribution in [-0.2, 0) is 22.0 Å². The Morgan fingerprint density at radius 1 is 1.27 bits per heavy atom. The lowest BCUT2D eigenvalue weighted by Crippen LogP contribution is -2.47. The number of amidine groups is 1. The second-order valence-electron chi connectivity index (χ2n) is 10.1. The lowest BCUT2D eigenvalue weighted by molar-refractivity contribution is 0.108. The normalized spacial score (nSPS) is 18.5. The molecular weight excluding hydrogens is 488 g/mol. The number of nitrogens with one attached hydrogen (secondary N) is 2. The molecule has 37 heavy (non-hydrogen) atoms. The fourth-order valence-electron chi connectivity index (χ4n) is 4.21. The molecule has 2 aromatic rings. The molecule has 1 aromatic carbocycles. The standard InChI is InChI=1S/C26H36N8O2S/c1-18-14-30-33-34(16-21-10-8-12-24(32-21)26(3,4)17-31-37(6,35)36)23(18)15-29-25(28-5)22-11-7-9-20(13-27)19(22)2/h7-12,18,23,31H,14-17H2,1-6H3,(H,28,29)/t18?,23-/m0/s1. The first-order chi connectivity index (χ1) is 17.4. The van der Waals surface area contributed by atoms with Crippen LogP contribution in [0.5, 0.6) is 0 Å². The molecule has 2 atom stereocenters. The summed E-state index contributed by atoms with van der Waals surface area (Å²) in [4.78, 5) is 9.28. The van der Waals surface area contributed by atoms with Crippen molar-refractivity contribution in [3.8, 4) is 6.07 Å². The molecular formula is C26H36N8O2S. The Bertz CT molecular complexity index is 1310. The Morgan fingerprint density at radius 2 is 2.00 bits per heavy atom. The van der Waals surface area contributed by atoms with Crippen LogP contribution >= 0.6 is 0 Å². The van der Waals surface area contributed by atoms with Crippen molar-refractivity contribution in [2.24, 2.45) is 21.2 Å². The number of aromatic nitrogens is 1. The quantitative estimate of drug-likeness (QED) is 0.382. The van der Waals surface area contributed by atoms with Gasteiger partial charge in [-0.1, -0.05) is 44.2 Å². The van der Waals surface area contributed by atoms with Crippen molar-refractivity contribution in [3.63, 3.8) is 0 Å². The first kappa shape index (κ1) is 28.2. The van der Waals surface area contributed by atoms with Crippen LogP contribution in [0.15, 0.2) is 51.7 Å². The maximum absolute atomic E-state index is 11.6. The van der Waals surface area contributed by atoms with E-state index < -0.39 is 15.4 Å². The number of aliphatic imine (C=N–C) groups is 1. The van der Waals surface area contributed by atoms with Gasteiger partial charge in [-0.3, -0.25) is 15.0 Å². The number of pyridine rings is 1. The molecule has 0 saturated carbocycles. The zero-order valence-corrected chi connectivity index (χ0v) is 23.2. The van der Waals surface area contributed by atoms with Gasteiger partial charge in [0, 0.05) is 42.7 Å². The van der Waals surface area contributed by atoms with Crippen LogP contribution < -0.4 is 10.0 Å². The second-order valence-corrected chi connectivity index (χ2v) is 11.9. The van der Waals surface area contributed by atoms with E-state index in [0.29, 0.717) is 25.2 Å². The second kappa shape index (κ2) is 11.8. The largest absolute Gasteiger partial charge is 0.368 e. The van der Waals surface area contributed by atoms with E-state index in [4.69, 9.17) is 4.98 Å². The summed E-state index contributed by atoms with van der Waals surface area (Å²) >= 11 is 0. The van der Waals surface area contributed by atoms with Gasteiger partial charge >= 0.3 is 0 Å². The van der Waals surface area contributed by atoms with Crippen molar-refractivity contribution in [1.29, 1.82) is 5.26 Å². The maximum atomic E-state index is 11.6. The lowest BCUT2D eigenvalue weighted by atomic mass is 9.89.